The highest BCUT2D eigenvalue weighted by Gasteiger charge is 2.24. The predicted molar refractivity (Wildman–Crippen MR) is 107 cm³/mol. The zero-order valence-corrected chi connectivity index (χ0v) is 17.4. The Bertz CT molecular complexity index is 582. The number of carbonyl (C=O) groups excluding carboxylic acids is 2. The number of amides is 1. The summed E-state index contributed by atoms with van der Waals surface area (Å²) in [5.74, 6) is 0.0485. The lowest BCUT2D eigenvalue weighted by Gasteiger charge is -2.26. The summed E-state index contributed by atoms with van der Waals surface area (Å²) in [6.07, 6.45) is 0.823. The van der Waals surface area contributed by atoms with E-state index in [1.54, 1.807) is 0 Å². The molecule has 152 valence electrons. The monoisotopic (exact) mass is 378 g/mol. The molecule has 1 amide bonds. The summed E-state index contributed by atoms with van der Waals surface area (Å²) in [6.45, 7) is 10.0. The summed E-state index contributed by atoms with van der Waals surface area (Å²) in [6, 6.07) is 9.27. The molecule has 0 saturated heterocycles. The highest BCUT2D eigenvalue weighted by atomic mass is 16.6. The molecule has 1 unspecified atom stereocenters. The first-order valence-corrected chi connectivity index (χ1v) is 9.45. The van der Waals surface area contributed by atoms with Crippen LogP contribution in [0, 0.1) is 5.92 Å². The lowest BCUT2D eigenvalue weighted by atomic mass is 10.0. The number of nitrogens with one attached hydrogen (secondary N) is 2. The first-order valence-electron chi connectivity index (χ1n) is 9.45. The maximum atomic E-state index is 12.2. The fourth-order valence-corrected chi connectivity index (χ4v) is 2.71. The number of methoxy groups -OCH3 is 1. The number of ether oxygens (including phenoxy) is 2. The zero-order chi connectivity index (χ0) is 20.4. The average Bonchev–Trinajstić information content (AvgIpc) is 2.56. The van der Waals surface area contributed by atoms with Gasteiger partial charge in [0.25, 0.3) is 0 Å². The van der Waals surface area contributed by atoms with E-state index in [1.807, 2.05) is 51.1 Å². The summed E-state index contributed by atoms with van der Waals surface area (Å²) < 4.78 is 10.3. The molecule has 6 heteroatoms. The van der Waals surface area contributed by atoms with Gasteiger partial charge in [0, 0.05) is 12.6 Å². The Morgan fingerprint density at radius 2 is 1.74 bits per heavy atom. The summed E-state index contributed by atoms with van der Waals surface area (Å²) >= 11 is 0. The van der Waals surface area contributed by atoms with E-state index in [2.05, 4.69) is 24.5 Å². The fraction of sp³-hybridized carbons (Fsp3) is 0.619. The predicted octanol–water partition coefficient (Wildman–Crippen LogP) is 3.30. The van der Waals surface area contributed by atoms with Gasteiger partial charge in [-0.05, 0) is 45.1 Å². The fourth-order valence-electron chi connectivity index (χ4n) is 2.71. The summed E-state index contributed by atoms with van der Waals surface area (Å²) in [5, 5.41) is 6.16. The van der Waals surface area contributed by atoms with Crippen LogP contribution in [0.15, 0.2) is 30.3 Å². The number of carbonyl (C=O) groups is 2. The van der Waals surface area contributed by atoms with Crippen molar-refractivity contribution in [3.8, 4) is 0 Å². The summed E-state index contributed by atoms with van der Waals surface area (Å²) in [7, 11) is 1.39. The van der Waals surface area contributed by atoms with Crippen molar-refractivity contribution in [2.45, 2.75) is 65.1 Å². The van der Waals surface area contributed by atoms with Gasteiger partial charge in [0.05, 0.1) is 7.11 Å². The van der Waals surface area contributed by atoms with Crippen molar-refractivity contribution in [1.29, 1.82) is 0 Å². The van der Waals surface area contributed by atoms with Crippen molar-refractivity contribution in [2.75, 3.05) is 13.7 Å². The first kappa shape index (κ1) is 23.0. The van der Waals surface area contributed by atoms with Gasteiger partial charge in [0.2, 0.25) is 0 Å². The second kappa shape index (κ2) is 10.9. The molecule has 1 aromatic carbocycles. The number of hydrogen-bond acceptors (Lipinski definition) is 5. The minimum Gasteiger partial charge on any atom is -0.468 e. The van der Waals surface area contributed by atoms with Crippen LogP contribution in [-0.4, -0.2) is 43.4 Å². The molecule has 1 aromatic rings. The van der Waals surface area contributed by atoms with Crippen LogP contribution in [0.2, 0.25) is 0 Å². The molecule has 6 nitrogen and oxygen atoms in total. The van der Waals surface area contributed by atoms with Gasteiger partial charge in [0.1, 0.15) is 11.6 Å². The number of rotatable bonds is 9. The Morgan fingerprint density at radius 3 is 2.26 bits per heavy atom. The van der Waals surface area contributed by atoms with Gasteiger partial charge in [-0.2, -0.15) is 0 Å². The molecule has 0 fully saturated rings. The molecule has 2 N–H and O–H groups in total. The van der Waals surface area contributed by atoms with E-state index in [9.17, 15) is 9.59 Å². The summed E-state index contributed by atoms with van der Waals surface area (Å²) in [5.41, 5.74) is 0.528. The number of alkyl carbamates (subject to hydrolysis) is 1. The molecular formula is C21H34N2O4. The third kappa shape index (κ3) is 9.99. The molecule has 0 aliphatic rings. The maximum Gasteiger partial charge on any atom is 0.407 e. The van der Waals surface area contributed by atoms with Gasteiger partial charge >= 0.3 is 12.1 Å². The van der Waals surface area contributed by atoms with Crippen molar-refractivity contribution in [2.24, 2.45) is 5.92 Å². The molecule has 0 heterocycles. The van der Waals surface area contributed by atoms with Crippen LogP contribution in [0.1, 0.15) is 46.6 Å². The second-order valence-electron chi connectivity index (χ2n) is 8.15. The van der Waals surface area contributed by atoms with Gasteiger partial charge < -0.3 is 20.1 Å². The molecule has 2 atom stereocenters. The van der Waals surface area contributed by atoms with Crippen molar-refractivity contribution in [3.05, 3.63) is 35.9 Å². The highest BCUT2D eigenvalue weighted by Crippen LogP contribution is 2.10. The molecule has 0 saturated carbocycles. The van der Waals surface area contributed by atoms with Crippen LogP contribution in [0.3, 0.4) is 0 Å². The van der Waals surface area contributed by atoms with E-state index < -0.39 is 17.7 Å². The Hall–Kier alpha value is -2.08. The van der Waals surface area contributed by atoms with E-state index in [4.69, 9.17) is 9.47 Å². The van der Waals surface area contributed by atoms with Crippen LogP contribution in [0.25, 0.3) is 0 Å². The van der Waals surface area contributed by atoms with Crippen molar-refractivity contribution >= 4 is 12.1 Å². The Balaban J connectivity index is 2.79. The second-order valence-corrected chi connectivity index (χ2v) is 8.15. The van der Waals surface area contributed by atoms with Crippen LogP contribution in [0.4, 0.5) is 4.79 Å². The van der Waals surface area contributed by atoms with Gasteiger partial charge in [0.15, 0.2) is 0 Å². The molecule has 0 radical (unpaired) electrons. The molecule has 0 aromatic heterocycles. The van der Waals surface area contributed by atoms with Gasteiger partial charge in [-0.3, -0.25) is 4.79 Å². The topological polar surface area (TPSA) is 76.7 Å². The SMILES string of the molecule is COC(=O)[C@H](CC(C)C)NCC(Cc1ccccc1)NC(=O)OC(C)(C)C. The van der Waals surface area contributed by atoms with E-state index in [-0.39, 0.29) is 12.0 Å². The average molecular weight is 379 g/mol. The maximum absolute atomic E-state index is 12.2. The van der Waals surface area contributed by atoms with Gasteiger partial charge in [-0.15, -0.1) is 0 Å². The van der Waals surface area contributed by atoms with E-state index in [1.165, 1.54) is 7.11 Å². The number of hydrogen-bond donors (Lipinski definition) is 2. The standard InChI is InChI=1S/C21H34N2O4/c1-15(2)12-18(19(24)26-6)22-14-17(13-16-10-8-7-9-11-16)23-20(25)27-21(3,4)5/h7-11,15,17-18,22H,12-14H2,1-6H3,(H,23,25)/t17?,18-/m0/s1. The molecule has 27 heavy (non-hydrogen) atoms. The zero-order valence-electron chi connectivity index (χ0n) is 17.4. The Labute approximate surface area is 163 Å². The summed E-state index contributed by atoms with van der Waals surface area (Å²) in [4.78, 5) is 24.3. The molecule has 1 rings (SSSR count). The molecule has 0 aliphatic heterocycles. The first-order chi connectivity index (χ1) is 12.6. The number of benzene rings is 1. The third-order valence-electron chi connectivity index (χ3n) is 3.85. The van der Waals surface area contributed by atoms with Crippen LogP contribution >= 0.6 is 0 Å². The van der Waals surface area contributed by atoms with Crippen molar-refractivity contribution in [1.82, 2.24) is 10.6 Å². The van der Waals surface area contributed by atoms with Gasteiger partial charge in [-0.25, -0.2) is 4.79 Å². The molecule has 0 aliphatic carbocycles. The molecular weight excluding hydrogens is 344 g/mol. The lowest BCUT2D eigenvalue weighted by molar-refractivity contribution is -0.143. The Kier molecular flexibility index (Phi) is 9.29. The lowest BCUT2D eigenvalue weighted by Crippen LogP contribution is -2.49. The van der Waals surface area contributed by atoms with Crippen LogP contribution in [-0.2, 0) is 20.7 Å². The minimum absolute atomic E-state index is 0.221. The van der Waals surface area contributed by atoms with E-state index in [0.717, 1.165) is 5.56 Å². The largest absolute Gasteiger partial charge is 0.468 e. The minimum atomic E-state index is -0.568. The van der Waals surface area contributed by atoms with E-state index in [0.29, 0.717) is 25.3 Å². The van der Waals surface area contributed by atoms with Gasteiger partial charge in [-0.1, -0.05) is 44.2 Å². The normalized spacial score (nSPS) is 13.7. The molecule has 0 bridgehead atoms. The molecule has 0 spiro atoms. The highest BCUT2D eigenvalue weighted by molar-refractivity contribution is 5.75. The smallest absolute Gasteiger partial charge is 0.407 e. The van der Waals surface area contributed by atoms with E-state index >= 15 is 0 Å². The van der Waals surface area contributed by atoms with Crippen LogP contribution < -0.4 is 10.6 Å². The Morgan fingerprint density at radius 1 is 1.11 bits per heavy atom. The van der Waals surface area contributed by atoms with Crippen LogP contribution in [0.5, 0.6) is 0 Å². The number of esters is 1. The quantitative estimate of drug-likeness (QED) is 0.645. The van der Waals surface area contributed by atoms with Crippen molar-refractivity contribution < 1.29 is 19.1 Å². The third-order valence-corrected chi connectivity index (χ3v) is 3.85. The van der Waals surface area contributed by atoms with Crippen molar-refractivity contribution in [3.63, 3.8) is 0 Å².